The molecule has 0 aromatic carbocycles. The first-order valence-electron chi connectivity index (χ1n) is 11.0. The zero-order valence-electron chi connectivity index (χ0n) is 19.7. The second kappa shape index (κ2) is 9.54. The smallest absolute Gasteiger partial charge is 0.280 e. The molecule has 2 aromatic rings. The number of rotatable bonds is 6. The van der Waals surface area contributed by atoms with Gasteiger partial charge in [-0.1, -0.05) is 0 Å². The second-order valence-electron chi connectivity index (χ2n) is 9.51. The third-order valence-electron chi connectivity index (χ3n) is 5.25. The Morgan fingerprint density at radius 2 is 2.09 bits per heavy atom. The van der Waals surface area contributed by atoms with E-state index in [0.29, 0.717) is 11.4 Å². The van der Waals surface area contributed by atoms with Gasteiger partial charge in [-0.05, 0) is 66.0 Å². The summed E-state index contributed by atoms with van der Waals surface area (Å²) in [6.07, 6.45) is 2.99. The molecule has 1 aliphatic rings. The maximum atomic E-state index is 13.4. The first-order chi connectivity index (χ1) is 15.0. The lowest BCUT2D eigenvalue weighted by Gasteiger charge is -2.22. The molecule has 1 saturated heterocycles. The van der Waals surface area contributed by atoms with E-state index in [4.69, 9.17) is 0 Å². The van der Waals surface area contributed by atoms with E-state index in [-0.39, 0.29) is 34.7 Å². The highest BCUT2D eigenvalue weighted by molar-refractivity contribution is 7.17. The highest BCUT2D eigenvalue weighted by Gasteiger charge is 2.32. The van der Waals surface area contributed by atoms with Gasteiger partial charge in [0.2, 0.25) is 0 Å². The number of hydrogen-bond acceptors (Lipinski definition) is 7. The first-order valence-corrected chi connectivity index (χ1v) is 11.8. The Hall–Kier alpha value is -2.52. The third-order valence-corrected chi connectivity index (χ3v) is 6.34. The number of thiazole rings is 1. The predicted molar refractivity (Wildman–Crippen MR) is 127 cm³/mol. The standard InChI is InChI=1S/C23H33N5O3S/c1-13-10-17(27-23(4,5)6)24-12-16(13)19-18(22(31)28-9-7-8-14(28)2)26-21(32-19)20(30)25-11-15(3)29/h10,12,14-15,29H,7-9,11H2,1-6H3,(H,24,27)(H,25,30)/t14-,15?/m0/s1. The molecule has 0 bridgehead atoms. The summed E-state index contributed by atoms with van der Waals surface area (Å²) >= 11 is 1.18. The van der Waals surface area contributed by atoms with Crippen LogP contribution in [-0.2, 0) is 0 Å². The fourth-order valence-corrected chi connectivity index (χ4v) is 4.73. The van der Waals surface area contributed by atoms with Crippen molar-refractivity contribution in [2.45, 2.75) is 72.1 Å². The summed E-state index contributed by atoms with van der Waals surface area (Å²) in [4.78, 5) is 37.5. The number of likely N-dealkylation sites (tertiary alicyclic amines) is 1. The van der Waals surface area contributed by atoms with Crippen molar-refractivity contribution < 1.29 is 14.7 Å². The van der Waals surface area contributed by atoms with Crippen LogP contribution in [0.3, 0.4) is 0 Å². The van der Waals surface area contributed by atoms with Gasteiger partial charge in [-0.15, -0.1) is 11.3 Å². The Bertz CT molecular complexity index is 996. The van der Waals surface area contributed by atoms with Crippen LogP contribution in [0.5, 0.6) is 0 Å². The highest BCUT2D eigenvalue weighted by Crippen LogP contribution is 2.35. The molecule has 9 heteroatoms. The van der Waals surface area contributed by atoms with Crippen molar-refractivity contribution in [1.82, 2.24) is 20.2 Å². The van der Waals surface area contributed by atoms with Crippen molar-refractivity contribution in [3.05, 3.63) is 28.5 Å². The number of aliphatic hydroxyl groups excluding tert-OH is 1. The molecule has 32 heavy (non-hydrogen) atoms. The maximum absolute atomic E-state index is 13.4. The topological polar surface area (TPSA) is 107 Å². The molecule has 1 aliphatic heterocycles. The molecule has 2 atom stereocenters. The lowest BCUT2D eigenvalue weighted by Crippen LogP contribution is -2.34. The Morgan fingerprint density at radius 1 is 1.38 bits per heavy atom. The number of nitrogens with one attached hydrogen (secondary N) is 2. The monoisotopic (exact) mass is 459 g/mol. The van der Waals surface area contributed by atoms with Crippen LogP contribution in [-0.4, -0.2) is 62.6 Å². The molecule has 1 fully saturated rings. The van der Waals surface area contributed by atoms with E-state index in [1.54, 1.807) is 13.1 Å². The summed E-state index contributed by atoms with van der Waals surface area (Å²) in [7, 11) is 0. The molecule has 0 aliphatic carbocycles. The molecule has 1 unspecified atom stereocenters. The van der Waals surface area contributed by atoms with Gasteiger partial charge in [0.05, 0.1) is 11.0 Å². The highest BCUT2D eigenvalue weighted by atomic mass is 32.1. The summed E-state index contributed by atoms with van der Waals surface area (Å²) in [5.41, 5.74) is 1.88. The second-order valence-corrected chi connectivity index (χ2v) is 10.5. The van der Waals surface area contributed by atoms with E-state index in [1.807, 2.05) is 24.8 Å². The first kappa shape index (κ1) is 24.1. The summed E-state index contributed by atoms with van der Waals surface area (Å²) in [6.45, 7) is 12.6. The van der Waals surface area contributed by atoms with Gasteiger partial charge in [0.25, 0.3) is 11.8 Å². The van der Waals surface area contributed by atoms with Crippen molar-refractivity contribution in [3.63, 3.8) is 0 Å². The number of carbonyl (C=O) groups is 2. The quantitative estimate of drug-likeness (QED) is 0.611. The molecule has 0 spiro atoms. The predicted octanol–water partition coefficient (Wildman–Crippen LogP) is 3.46. The Labute approximate surface area is 193 Å². The van der Waals surface area contributed by atoms with Gasteiger partial charge in [0.15, 0.2) is 5.01 Å². The Kier molecular flexibility index (Phi) is 7.19. The SMILES string of the molecule is Cc1cc(NC(C)(C)C)ncc1-c1sc(C(=O)NCC(C)O)nc1C(=O)N1CCC[C@@H]1C. The van der Waals surface area contributed by atoms with Crippen LogP contribution >= 0.6 is 11.3 Å². The number of aryl methyl sites for hydroxylation is 1. The fourth-order valence-electron chi connectivity index (χ4n) is 3.68. The minimum absolute atomic E-state index is 0.119. The normalized spacial score (nSPS) is 17.3. The van der Waals surface area contributed by atoms with E-state index in [1.165, 1.54) is 11.3 Å². The molecular formula is C23H33N5O3S. The van der Waals surface area contributed by atoms with Crippen LogP contribution in [0.4, 0.5) is 5.82 Å². The average Bonchev–Trinajstić information content (AvgIpc) is 3.31. The summed E-state index contributed by atoms with van der Waals surface area (Å²) in [5.74, 6) is 0.189. The van der Waals surface area contributed by atoms with Crippen molar-refractivity contribution in [2.75, 3.05) is 18.4 Å². The molecule has 2 amide bonds. The number of anilines is 1. The number of carbonyl (C=O) groups excluding carboxylic acids is 2. The molecular weight excluding hydrogens is 426 g/mol. The van der Waals surface area contributed by atoms with Crippen LogP contribution in [0.25, 0.3) is 10.4 Å². The van der Waals surface area contributed by atoms with Gasteiger partial charge in [0, 0.05) is 36.4 Å². The molecule has 3 N–H and O–H groups in total. The molecule has 0 saturated carbocycles. The number of hydrogen-bond donors (Lipinski definition) is 3. The minimum Gasteiger partial charge on any atom is -0.392 e. The van der Waals surface area contributed by atoms with Gasteiger partial charge in [-0.2, -0.15) is 0 Å². The van der Waals surface area contributed by atoms with E-state index in [2.05, 4.69) is 41.4 Å². The van der Waals surface area contributed by atoms with Crippen LogP contribution in [0, 0.1) is 6.92 Å². The number of pyridine rings is 1. The van der Waals surface area contributed by atoms with E-state index < -0.39 is 12.0 Å². The number of nitrogens with zero attached hydrogens (tertiary/aromatic N) is 3. The number of aliphatic hydroxyl groups is 1. The molecule has 3 heterocycles. The Morgan fingerprint density at radius 3 is 2.66 bits per heavy atom. The fraction of sp³-hybridized carbons (Fsp3) is 0.565. The summed E-state index contributed by atoms with van der Waals surface area (Å²) in [5, 5.41) is 15.7. The van der Waals surface area contributed by atoms with Gasteiger partial charge in [0.1, 0.15) is 11.5 Å². The van der Waals surface area contributed by atoms with Crippen LogP contribution in [0.15, 0.2) is 12.3 Å². The van der Waals surface area contributed by atoms with Crippen LogP contribution in [0.2, 0.25) is 0 Å². The van der Waals surface area contributed by atoms with E-state index in [0.717, 1.165) is 29.8 Å². The zero-order chi connectivity index (χ0) is 23.6. The largest absolute Gasteiger partial charge is 0.392 e. The molecule has 174 valence electrons. The molecule has 3 rings (SSSR count). The molecule has 0 radical (unpaired) electrons. The van der Waals surface area contributed by atoms with Crippen molar-refractivity contribution >= 4 is 29.0 Å². The lowest BCUT2D eigenvalue weighted by atomic mass is 10.1. The zero-order valence-corrected chi connectivity index (χ0v) is 20.5. The lowest BCUT2D eigenvalue weighted by molar-refractivity contribution is 0.0743. The minimum atomic E-state index is -0.667. The van der Waals surface area contributed by atoms with Crippen molar-refractivity contribution in [3.8, 4) is 10.4 Å². The van der Waals surface area contributed by atoms with Crippen molar-refractivity contribution in [1.29, 1.82) is 0 Å². The Balaban J connectivity index is 2.01. The average molecular weight is 460 g/mol. The van der Waals surface area contributed by atoms with Crippen molar-refractivity contribution in [2.24, 2.45) is 0 Å². The van der Waals surface area contributed by atoms with Gasteiger partial charge >= 0.3 is 0 Å². The van der Waals surface area contributed by atoms with E-state index >= 15 is 0 Å². The van der Waals surface area contributed by atoms with Crippen LogP contribution < -0.4 is 10.6 Å². The number of amides is 2. The van der Waals surface area contributed by atoms with Gasteiger partial charge in [-0.3, -0.25) is 9.59 Å². The summed E-state index contributed by atoms with van der Waals surface area (Å²) < 4.78 is 0. The molecule has 8 nitrogen and oxygen atoms in total. The summed E-state index contributed by atoms with van der Waals surface area (Å²) in [6, 6.07) is 2.09. The maximum Gasteiger partial charge on any atom is 0.280 e. The number of aromatic nitrogens is 2. The third kappa shape index (κ3) is 5.63. The van der Waals surface area contributed by atoms with Gasteiger partial charge in [-0.25, -0.2) is 9.97 Å². The van der Waals surface area contributed by atoms with Crippen LogP contribution in [0.1, 0.15) is 73.3 Å². The van der Waals surface area contributed by atoms with Gasteiger partial charge < -0.3 is 20.6 Å². The van der Waals surface area contributed by atoms with E-state index in [9.17, 15) is 14.7 Å². The molecule has 2 aromatic heterocycles.